The van der Waals surface area contributed by atoms with Crippen LogP contribution in [0.25, 0.3) is 0 Å². The molecule has 3 aromatic carbocycles. The summed E-state index contributed by atoms with van der Waals surface area (Å²) < 4.78 is 10.9. The van der Waals surface area contributed by atoms with E-state index in [9.17, 15) is 4.79 Å². The van der Waals surface area contributed by atoms with Gasteiger partial charge in [0.05, 0.1) is 20.3 Å². The molecule has 3 aromatic rings. The van der Waals surface area contributed by atoms with Crippen molar-refractivity contribution in [1.29, 1.82) is 0 Å². The third-order valence-corrected chi connectivity index (χ3v) is 6.92. The molecule has 0 bridgehead atoms. The SMILES string of the molecule is CCN1CCCN(C(=O)C(Nc2cc(OC)cc(OC)c2)c2ccc(C)cc2)C(c2ccccc2)C1. The van der Waals surface area contributed by atoms with Gasteiger partial charge in [-0.25, -0.2) is 0 Å². The van der Waals surface area contributed by atoms with E-state index < -0.39 is 6.04 Å². The number of benzene rings is 3. The molecule has 2 unspecified atom stereocenters. The highest BCUT2D eigenvalue weighted by Crippen LogP contribution is 2.33. The number of anilines is 1. The lowest BCUT2D eigenvalue weighted by molar-refractivity contribution is -0.134. The van der Waals surface area contributed by atoms with E-state index >= 15 is 0 Å². The van der Waals surface area contributed by atoms with Gasteiger partial charge in [0.25, 0.3) is 0 Å². The minimum Gasteiger partial charge on any atom is -0.497 e. The number of amides is 1. The number of rotatable bonds is 8. The van der Waals surface area contributed by atoms with Crippen molar-refractivity contribution >= 4 is 11.6 Å². The van der Waals surface area contributed by atoms with Gasteiger partial charge in [-0.15, -0.1) is 0 Å². The quantitative estimate of drug-likeness (QED) is 0.457. The minimum absolute atomic E-state index is 0.0178. The van der Waals surface area contributed by atoms with Crippen molar-refractivity contribution in [2.75, 3.05) is 45.7 Å². The summed E-state index contributed by atoms with van der Waals surface area (Å²) in [5.41, 5.74) is 4.02. The number of ether oxygens (including phenoxy) is 2. The van der Waals surface area contributed by atoms with Gasteiger partial charge in [-0.1, -0.05) is 67.1 Å². The van der Waals surface area contributed by atoms with Crippen molar-refractivity contribution in [1.82, 2.24) is 9.80 Å². The van der Waals surface area contributed by atoms with E-state index in [1.54, 1.807) is 14.2 Å². The van der Waals surface area contributed by atoms with E-state index in [0.717, 1.165) is 48.4 Å². The molecule has 6 nitrogen and oxygen atoms in total. The van der Waals surface area contributed by atoms with E-state index in [1.807, 2.05) is 36.4 Å². The number of hydrogen-bond donors (Lipinski definition) is 1. The number of likely N-dealkylation sites (N-methyl/N-ethyl adjacent to an activating group) is 1. The van der Waals surface area contributed by atoms with Gasteiger partial charge in [0.2, 0.25) is 5.91 Å². The summed E-state index contributed by atoms with van der Waals surface area (Å²) in [7, 11) is 3.25. The second kappa shape index (κ2) is 12.0. The molecule has 190 valence electrons. The second-order valence-electron chi connectivity index (χ2n) is 9.29. The van der Waals surface area contributed by atoms with Crippen molar-refractivity contribution in [3.05, 3.63) is 89.5 Å². The Balaban J connectivity index is 1.73. The fourth-order valence-electron chi connectivity index (χ4n) is 4.84. The molecule has 4 rings (SSSR count). The van der Waals surface area contributed by atoms with Crippen molar-refractivity contribution in [3.8, 4) is 11.5 Å². The second-order valence-corrected chi connectivity index (χ2v) is 9.29. The third-order valence-electron chi connectivity index (χ3n) is 6.92. The predicted molar refractivity (Wildman–Crippen MR) is 145 cm³/mol. The largest absolute Gasteiger partial charge is 0.497 e. The molecule has 0 aromatic heterocycles. The molecule has 1 N–H and O–H groups in total. The zero-order chi connectivity index (χ0) is 25.5. The maximum absolute atomic E-state index is 14.4. The van der Waals surface area contributed by atoms with Crippen LogP contribution in [0.2, 0.25) is 0 Å². The monoisotopic (exact) mass is 487 g/mol. The molecule has 36 heavy (non-hydrogen) atoms. The summed E-state index contributed by atoms with van der Waals surface area (Å²) in [6.45, 7) is 7.72. The van der Waals surface area contributed by atoms with Gasteiger partial charge >= 0.3 is 0 Å². The van der Waals surface area contributed by atoms with Gasteiger partial charge in [-0.3, -0.25) is 4.79 Å². The van der Waals surface area contributed by atoms with Crippen LogP contribution < -0.4 is 14.8 Å². The first-order chi connectivity index (χ1) is 17.5. The molecule has 1 aliphatic rings. The van der Waals surface area contributed by atoms with E-state index in [4.69, 9.17) is 9.47 Å². The lowest BCUT2D eigenvalue weighted by Crippen LogP contribution is -2.42. The Morgan fingerprint density at radius 2 is 1.64 bits per heavy atom. The summed E-state index contributed by atoms with van der Waals surface area (Å²) in [6, 6.07) is 23.6. The molecule has 1 amide bonds. The van der Waals surface area contributed by atoms with Crippen LogP contribution in [0.15, 0.2) is 72.8 Å². The van der Waals surface area contributed by atoms with Gasteiger partial charge in [-0.05, 0) is 37.6 Å². The van der Waals surface area contributed by atoms with Crippen LogP contribution in [0, 0.1) is 6.92 Å². The van der Waals surface area contributed by atoms with E-state index in [2.05, 4.69) is 65.4 Å². The molecule has 0 radical (unpaired) electrons. The average molecular weight is 488 g/mol. The Hall–Kier alpha value is -3.51. The molecule has 6 heteroatoms. The van der Waals surface area contributed by atoms with Gasteiger partial charge < -0.3 is 24.6 Å². The van der Waals surface area contributed by atoms with Gasteiger partial charge in [-0.2, -0.15) is 0 Å². The molecule has 1 saturated heterocycles. The summed E-state index contributed by atoms with van der Waals surface area (Å²) in [5.74, 6) is 1.40. The fourth-order valence-corrected chi connectivity index (χ4v) is 4.84. The van der Waals surface area contributed by atoms with Gasteiger partial charge in [0.1, 0.15) is 17.5 Å². The number of nitrogens with one attached hydrogen (secondary N) is 1. The molecule has 1 heterocycles. The van der Waals surface area contributed by atoms with Crippen molar-refractivity contribution < 1.29 is 14.3 Å². The first kappa shape index (κ1) is 25.6. The summed E-state index contributed by atoms with van der Waals surface area (Å²) in [5, 5.41) is 3.51. The van der Waals surface area contributed by atoms with Gasteiger partial charge in [0.15, 0.2) is 0 Å². The molecule has 1 fully saturated rings. The Kier molecular flexibility index (Phi) is 8.49. The lowest BCUT2D eigenvalue weighted by atomic mass is 10.00. The number of carbonyl (C=O) groups excluding carboxylic acids is 1. The van der Waals surface area contributed by atoms with Crippen LogP contribution >= 0.6 is 0 Å². The number of methoxy groups -OCH3 is 2. The molecular formula is C30H37N3O3. The fraction of sp³-hybridized carbons (Fsp3) is 0.367. The molecule has 1 aliphatic heterocycles. The molecule has 2 atom stereocenters. The van der Waals surface area contributed by atoms with Crippen LogP contribution in [0.5, 0.6) is 11.5 Å². The highest BCUT2D eigenvalue weighted by molar-refractivity contribution is 5.87. The Morgan fingerprint density at radius 1 is 0.972 bits per heavy atom. The van der Waals surface area contributed by atoms with Crippen molar-refractivity contribution in [2.24, 2.45) is 0 Å². The standard InChI is InChI=1S/C30H37N3O3/c1-5-32-16-9-17-33(28(21-32)23-10-7-6-8-11-23)30(34)29(24-14-12-22(2)13-15-24)31-25-18-26(35-3)20-27(19-25)36-4/h6-8,10-15,18-20,28-29,31H,5,9,16-17,21H2,1-4H3. The Labute approximate surface area is 214 Å². The molecule has 0 saturated carbocycles. The highest BCUT2D eigenvalue weighted by atomic mass is 16.5. The maximum atomic E-state index is 14.4. The zero-order valence-electron chi connectivity index (χ0n) is 21.7. The first-order valence-electron chi connectivity index (χ1n) is 12.7. The smallest absolute Gasteiger partial charge is 0.250 e. The van der Waals surface area contributed by atoms with Gasteiger partial charge in [0, 0.05) is 37.0 Å². The normalized spacial score (nSPS) is 17.2. The maximum Gasteiger partial charge on any atom is 0.250 e. The predicted octanol–water partition coefficient (Wildman–Crippen LogP) is 5.46. The summed E-state index contributed by atoms with van der Waals surface area (Å²) in [6.07, 6.45) is 0.941. The highest BCUT2D eigenvalue weighted by Gasteiger charge is 2.34. The van der Waals surface area contributed by atoms with Crippen LogP contribution in [-0.4, -0.2) is 56.1 Å². The molecular weight excluding hydrogens is 450 g/mol. The third kappa shape index (κ3) is 6.00. The van der Waals surface area contributed by atoms with Crippen LogP contribution in [0.1, 0.15) is 42.1 Å². The van der Waals surface area contributed by atoms with Crippen molar-refractivity contribution in [3.63, 3.8) is 0 Å². The topological polar surface area (TPSA) is 54.0 Å². The van der Waals surface area contributed by atoms with Crippen molar-refractivity contribution in [2.45, 2.75) is 32.4 Å². The van der Waals surface area contributed by atoms with E-state index in [-0.39, 0.29) is 11.9 Å². The number of hydrogen-bond acceptors (Lipinski definition) is 5. The summed E-state index contributed by atoms with van der Waals surface area (Å²) in [4.78, 5) is 18.9. The number of nitrogens with zero attached hydrogens (tertiary/aromatic N) is 2. The zero-order valence-corrected chi connectivity index (χ0v) is 21.7. The van der Waals surface area contributed by atoms with E-state index in [0.29, 0.717) is 18.0 Å². The first-order valence-corrected chi connectivity index (χ1v) is 12.7. The Morgan fingerprint density at radius 3 is 2.25 bits per heavy atom. The number of aryl methyl sites for hydroxylation is 1. The van der Waals surface area contributed by atoms with Crippen LogP contribution in [-0.2, 0) is 4.79 Å². The van der Waals surface area contributed by atoms with Crippen LogP contribution in [0.3, 0.4) is 0 Å². The minimum atomic E-state index is -0.554. The van der Waals surface area contributed by atoms with Crippen LogP contribution in [0.4, 0.5) is 5.69 Å². The molecule has 0 spiro atoms. The Bertz CT molecular complexity index is 1110. The average Bonchev–Trinajstić information content (AvgIpc) is 3.15. The lowest BCUT2D eigenvalue weighted by Gasteiger charge is -2.35. The van der Waals surface area contributed by atoms with E-state index in [1.165, 1.54) is 0 Å². The summed E-state index contributed by atoms with van der Waals surface area (Å²) >= 11 is 0. The molecule has 0 aliphatic carbocycles. The number of carbonyl (C=O) groups is 1.